The molecule has 1 aliphatic heterocycles. The van der Waals surface area contributed by atoms with E-state index in [4.69, 9.17) is 29.0 Å². The number of hydrogen-bond acceptors (Lipinski definition) is 3. The second-order valence-electron chi connectivity index (χ2n) is 6.06. The maximum Gasteiger partial charge on any atom is 0.252 e. The van der Waals surface area contributed by atoms with Crippen LogP contribution in [0, 0.1) is 0 Å². The van der Waals surface area contributed by atoms with Gasteiger partial charge in [-0.05, 0) is 30.5 Å². The van der Waals surface area contributed by atoms with E-state index in [1.54, 1.807) is 0 Å². The number of hydrogen-bond donors (Lipinski definition) is 1. The zero-order chi connectivity index (χ0) is 17.0. The monoisotopic (exact) mass is 362 g/mol. The van der Waals surface area contributed by atoms with Crippen molar-refractivity contribution in [3.8, 4) is 0 Å². The minimum atomic E-state index is -2.83. The van der Waals surface area contributed by atoms with Crippen LogP contribution in [0.5, 0.6) is 0 Å². The summed E-state index contributed by atoms with van der Waals surface area (Å²) in [4.78, 5) is 25.4. The van der Waals surface area contributed by atoms with Crippen LogP contribution in [0.1, 0.15) is 37.2 Å². The molecule has 1 amide bonds. The summed E-state index contributed by atoms with van der Waals surface area (Å²) in [6, 6.07) is 4.44. The van der Waals surface area contributed by atoms with Crippen molar-refractivity contribution in [3.63, 3.8) is 0 Å². The summed E-state index contributed by atoms with van der Waals surface area (Å²) in [6.45, 7) is 0. The summed E-state index contributed by atoms with van der Waals surface area (Å²) in [6.07, 6.45) is -1.24. The van der Waals surface area contributed by atoms with Gasteiger partial charge in [0.05, 0.1) is 0 Å². The Hall–Kier alpha value is -1.24. The highest BCUT2D eigenvalue weighted by molar-refractivity contribution is 6.36. The van der Waals surface area contributed by atoms with Gasteiger partial charge in [0.15, 0.2) is 5.78 Å². The van der Waals surface area contributed by atoms with Gasteiger partial charge in [0.1, 0.15) is 11.5 Å². The fourth-order valence-electron chi connectivity index (χ4n) is 3.38. The lowest BCUT2D eigenvalue weighted by molar-refractivity contribution is -0.141. The van der Waals surface area contributed by atoms with E-state index in [0.717, 1.165) is 5.01 Å². The third-order valence-corrected chi connectivity index (χ3v) is 5.31. The Labute approximate surface area is 141 Å². The average Bonchev–Trinajstić information content (AvgIpc) is 2.65. The van der Waals surface area contributed by atoms with Crippen LogP contribution in [0.3, 0.4) is 0 Å². The van der Waals surface area contributed by atoms with E-state index >= 15 is 0 Å². The second kappa shape index (κ2) is 5.40. The Morgan fingerprint density at radius 3 is 2.30 bits per heavy atom. The molecule has 1 atom stereocenters. The van der Waals surface area contributed by atoms with Gasteiger partial charge >= 0.3 is 0 Å². The molecule has 0 radical (unpaired) electrons. The molecule has 1 aromatic rings. The first-order chi connectivity index (χ1) is 10.7. The molecule has 4 nitrogen and oxygen atoms in total. The van der Waals surface area contributed by atoms with E-state index in [0.29, 0.717) is 10.6 Å². The molecule has 1 aliphatic carbocycles. The van der Waals surface area contributed by atoms with E-state index < -0.39 is 41.9 Å². The van der Waals surface area contributed by atoms with Crippen molar-refractivity contribution < 1.29 is 18.4 Å². The highest BCUT2D eigenvalue weighted by Gasteiger charge is 2.61. The van der Waals surface area contributed by atoms with Crippen molar-refractivity contribution in [2.24, 2.45) is 5.84 Å². The largest absolute Gasteiger partial charge is 0.296 e. The maximum atomic E-state index is 13.4. The molecule has 2 fully saturated rings. The molecule has 0 bridgehead atoms. The second-order valence-corrected chi connectivity index (χ2v) is 6.90. The van der Waals surface area contributed by atoms with Crippen molar-refractivity contribution in [2.45, 2.75) is 43.1 Å². The molecular formula is C15H14Cl2F2N2O2. The normalized spacial score (nSPS) is 26.1. The van der Waals surface area contributed by atoms with Gasteiger partial charge in [-0.15, -0.1) is 0 Å². The standard InChI is InChI=1S/C15H14Cl2F2N2O2/c16-8-1-2-9(10(17)7-8)11-12(22)14(21(20)13(11)23)3-5-15(18,19)6-4-14/h1-2,7,11H,3-6,20H2. The summed E-state index contributed by atoms with van der Waals surface area (Å²) in [5.41, 5.74) is -1.07. The van der Waals surface area contributed by atoms with Crippen LogP contribution < -0.4 is 5.84 Å². The molecule has 1 saturated carbocycles. The lowest BCUT2D eigenvalue weighted by atomic mass is 9.75. The Bertz CT molecular complexity index is 686. The highest BCUT2D eigenvalue weighted by Crippen LogP contribution is 2.48. The molecule has 1 unspecified atom stereocenters. The van der Waals surface area contributed by atoms with Crippen LogP contribution >= 0.6 is 23.2 Å². The van der Waals surface area contributed by atoms with Crippen LogP contribution in [-0.2, 0) is 9.59 Å². The summed E-state index contributed by atoms with van der Waals surface area (Å²) in [5, 5.41) is 1.38. The number of nitrogens with zero attached hydrogens (tertiary/aromatic N) is 1. The van der Waals surface area contributed by atoms with Crippen LogP contribution in [0.2, 0.25) is 10.0 Å². The van der Waals surface area contributed by atoms with Crippen LogP contribution in [-0.4, -0.2) is 28.2 Å². The van der Waals surface area contributed by atoms with Gasteiger partial charge in [-0.2, -0.15) is 0 Å². The maximum absolute atomic E-state index is 13.4. The molecule has 23 heavy (non-hydrogen) atoms. The zero-order valence-electron chi connectivity index (χ0n) is 12.0. The molecule has 0 aromatic heterocycles. The van der Waals surface area contributed by atoms with E-state index in [1.165, 1.54) is 18.2 Å². The molecule has 3 rings (SSSR count). The Morgan fingerprint density at radius 2 is 1.74 bits per heavy atom. The quantitative estimate of drug-likeness (QED) is 0.473. The van der Waals surface area contributed by atoms with Crippen LogP contribution in [0.4, 0.5) is 8.78 Å². The lowest BCUT2D eigenvalue weighted by Gasteiger charge is -2.39. The Morgan fingerprint density at radius 1 is 1.13 bits per heavy atom. The van der Waals surface area contributed by atoms with Crippen LogP contribution in [0.15, 0.2) is 18.2 Å². The average molecular weight is 363 g/mol. The SMILES string of the molecule is NN1C(=O)C(c2ccc(Cl)cc2Cl)C(=O)C12CCC(F)(F)CC2. The first-order valence-corrected chi connectivity index (χ1v) is 7.89. The van der Waals surface area contributed by atoms with E-state index in [-0.39, 0.29) is 17.9 Å². The van der Waals surface area contributed by atoms with Crippen molar-refractivity contribution in [2.75, 3.05) is 0 Å². The van der Waals surface area contributed by atoms with Crippen molar-refractivity contribution in [1.29, 1.82) is 0 Å². The van der Waals surface area contributed by atoms with E-state index in [1.807, 2.05) is 0 Å². The van der Waals surface area contributed by atoms with Crippen LogP contribution in [0.25, 0.3) is 0 Å². The number of ketones is 1. The first-order valence-electron chi connectivity index (χ1n) is 7.14. The Kier molecular flexibility index (Phi) is 3.90. The molecule has 2 aliphatic rings. The van der Waals surface area contributed by atoms with Crippen molar-refractivity contribution >= 4 is 34.9 Å². The number of carbonyl (C=O) groups excluding carboxylic acids is 2. The minimum absolute atomic E-state index is 0.150. The third-order valence-electron chi connectivity index (χ3n) is 4.75. The summed E-state index contributed by atoms with van der Waals surface area (Å²) in [5.74, 6) is 0.737. The topological polar surface area (TPSA) is 63.4 Å². The lowest BCUT2D eigenvalue weighted by Crippen LogP contribution is -2.56. The number of amides is 1. The molecule has 1 saturated heterocycles. The number of alkyl halides is 2. The summed E-state index contributed by atoms with van der Waals surface area (Å²) >= 11 is 11.9. The fourth-order valence-corrected chi connectivity index (χ4v) is 3.89. The van der Waals surface area contributed by atoms with Gasteiger partial charge in [0, 0.05) is 22.9 Å². The van der Waals surface area contributed by atoms with Gasteiger partial charge in [0.25, 0.3) is 5.91 Å². The van der Waals surface area contributed by atoms with Crippen molar-refractivity contribution in [1.82, 2.24) is 5.01 Å². The third kappa shape index (κ3) is 2.53. The number of nitrogens with two attached hydrogens (primary N) is 1. The predicted molar refractivity (Wildman–Crippen MR) is 81.4 cm³/mol. The van der Waals surface area contributed by atoms with Gasteiger partial charge in [-0.1, -0.05) is 29.3 Å². The van der Waals surface area contributed by atoms with Gasteiger partial charge < -0.3 is 0 Å². The van der Waals surface area contributed by atoms with Gasteiger partial charge in [-0.3, -0.25) is 14.6 Å². The van der Waals surface area contributed by atoms with Gasteiger partial charge in [0.2, 0.25) is 5.92 Å². The first kappa shape index (κ1) is 16.6. The molecule has 2 N–H and O–H groups in total. The number of benzene rings is 1. The van der Waals surface area contributed by atoms with E-state index in [9.17, 15) is 18.4 Å². The number of Topliss-reactive ketones (excluding diaryl/α,β-unsaturated/α-hetero) is 1. The molecule has 1 heterocycles. The minimum Gasteiger partial charge on any atom is -0.296 e. The van der Waals surface area contributed by atoms with Crippen molar-refractivity contribution in [3.05, 3.63) is 33.8 Å². The van der Waals surface area contributed by atoms with Gasteiger partial charge in [-0.25, -0.2) is 14.6 Å². The van der Waals surface area contributed by atoms with E-state index in [2.05, 4.69) is 0 Å². The summed E-state index contributed by atoms with van der Waals surface area (Å²) in [7, 11) is 0. The molecular weight excluding hydrogens is 349 g/mol. The summed E-state index contributed by atoms with van der Waals surface area (Å²) < 4.78 is 26.9. The Balaban J connectivity index is 1.99. The molecule has 124 valence electrons. The number of carbonyl (C=O) groups is 2. The molecule has 1 aromatic carbocycles. The zero-order valence-corrected chi connectivity index (χ0v) is 13.5. The molecule has 1 spiro atoms. The number of halogens is 4. The predicted octanol–water partition coefficient (Wildman–Crippen LogP) is 3.31. The molecule has 8 heteroatoms. The number of hydrazine groups is 1. The smallest absolute Gasteiger partial charge is 0.252 e. The fraction of sp³-hybridized carbons (Fsp3) is 0.467. The highest BCUT2D eigenvalue weighted by atomic mass is 35.5. The number of rotatable bonds is 1.